The van der Waals surface area contributed by atoms with Gasteiger partial charge in [0.05, 0.1) is 32.4 Å². The monoisotopic (exact) mass is 487 g/mol. The van der Waals surface area contributed by atoms with Gasteiger partial charge in [-0.2, -0.15) is 5.26 Å². The van der Waals surface area contributed by atoms with E-state index in [-0.39, 0.29) is 24.7 Å². The molecule has 1 aromatic carbocycles. The van der Waals surface area contributed by atoms with E-state index in [9.17, 15) is 14.9 Å². The van der Waals surface area contributed by atoms with Gasteiger partial charge < -0.3 is 24.6 Å². The summed E-state index contributed by atoms with van der Waals surface area (Å²) in [5.74, 6) is 0.124. The Balaban J connectivity index is 1.50. The smallest absolute Gasteiger partial charge is 0.289 e. The molecule has 4 rings (SSSR count). The fourth-order valence-corrected chi connectivity index (χ4v) is 3.98. The third-order valence-electron chi connectivity index (χ3n) is 5.71. The molecule has 12 heteroatoms. The van der Waals surface area contributed by atoms with Gasteiger partial charge in [-0.1, -0.05) is 23.7 Å². The number of amides is 2. The van der Waals surface area contributed by atoms with Gasteiger partial charge in [-0.05, 0) is 17.7 Å². The third kappa shape index (κ3) is 5.83. The number of carbonyl (C=O) groups is 2. The fourth-order valence-electron chi connectivity index (χ4n) is 3.85. The van der Waals surface area contributed by atoms with Crippen molar-refractivity contribution >= 4 is 29.4 Å². The zero-order valence-corrected chi connectivity index (χ0v) is 19.4. The average Bonchev–Trinajstić information content (AvgIpc) is 3.31. The second-order valence-corrected chi connectivity index (χ2v) is 8.40. The highest BCUT2D eigenvalue weighted by Crippen LogP contribution is 2.19. The van der Waals surface area contributed by atoms with Gasteiger partial charge in [0.25, 0.3) is 5.91 Å². The predicted octanol–water partition coefficient (Wildman–Crippen LogP) is 0.839. The maximum Gasteiger partial charge on any atom is 0.289 e. The second kappa shape index (κ2) is 11.3. The molecule has 11 nitrogen and oxygen atoms in total. The van der Waals surface area contributed by atoms with Crippen LogP contribution in [0.1, 0.15) is 22.6 Å². The molecule has 0 saturated carbocycles. The lowest BCUT2D eigenvalue weighted by atomic mass is 10.2. The van der Waals surface area contributed by atoms with Crippen LogP contribution in [-0.2, 0) is 27.4 Å². The van der Waals surface area contributed by atoms with Crippen LogP contribution in [0, 0.1) is 11.3 Å². The highest BCUT2D eigenvalue weighted by molar-refractivity contribution is 6.30. The summed E-state index contributed by atoms with van der Waals surface area (Å²) in [7, 11) is 0. The zero-order valence-electron chi connectivity index (χ0n) is 18.7. The van der Waals surface area contributed by atoms with Gasteiger partial charge in [0.2, 0.25) is 17.7 Å². The Bertz CT molecular complexity index is 1050. The van der Waals surface area contributed by atoms with Crippen molar-refractivity contribution in [3.05, 3.63) is 40.7 Å². The molecule has 0 spiro atoms. The van der Waals surface area contributed by atoms with Crippen molar-refractivity contribution in [1.82, 2.24) is 25.0 Å². The van der Waals surface area contributed by atoms with Crippen LogP contribution in [0.5, 0.6) is 0 Å². The number of anilines is 1. The Hall–Kier alpha value is -3.20. The number of morpholine rings is 2. The Morgan fingerprint density at radius 3 is 2.65 bits per heavy atom. The number of benzene rings is 1. The maximum absolute atomic E-state index is 13.0. The van der Waals surface area contributed by atoms with Crippen LogP contribution < -0.4 is 10.2 Å². The number of ether oxygens (including phenoxy) is 2. The summed E-state index contributed by atoms with van der Waals surface area (Å²) < 4.78 is 12.4. The van der Waals surface area contributed by atoms with Gasteiger partial charge in [0, 0.05) is 44.2 Å². The van der Waals surface area contributed by atoms with Crippen molar-refractivity contribution in [2.45, 2.75) is 25.6 Å². The minimum absolute atomic E-state index is 0.0210. The van der Waals surface area contributed by atoms with Crippen LogP contribution in [0.2, 0.25) is 5.02 Å². The summed E-state index contributed by atoms with van der Waals surface area (Å²) in [6.45, 7) is 3.83. The van der Waals surface area contributed by atoms with E-state index in [0.717, 1.165) is 5.56 Å². The number of carbonyl (C=O) groups excluding carboxylic acids is 2. The van der Waals surface area contributed by atoms with Gasteiger partial charge in [0.1, 0.15) is 0 Å². The molecule has 3 heterocycles. The molecule has 0 bridgehead atoms. The van der Waals surface area contributed by atoms with Crippen molar-refractivity contribution in [2.75, 3.05) is 50.9 Å². The lowest BCUT2D eigenvalue weighted by molar-refractivity contribution is -0.135. The summed E-state index contributed by atoms with van der Waals surface area (Å²) >= 11 is 5.92. The molecule has 0 radical (unpaired) electrons. The van der Waals surface area contributed by atoms with Crippen LogP contribution in [0.3, 0.4) is 0 Å². The van der Waals surface area contributed by atoms with Crippen molar-refractivity contribution in [1.29, 1.82) is 5.26 Å². The molecule has 2 aliphatic heterocycles. The first-order valence-electron chi connectivity index (χ1n) is 11.1. The number of hydrogen-bond donors (Lipinski definition) is 1. The highest BCUT2D eigenvalue weighted by atomic mass is 35.5. The molecule has 2 aromatic rings. The van der Waals surface area contributed by atoms with E-state index in [1.54, 1.807) is 21.6 Å². The average molecular weight is 488 g/mol. The molecule has 0 aliphatic carbocycles. The van der Waals surface area contributed by atoms with Gasteiger partial charge >= 0.3 is 0 Å². The number of aromatic nitrogens is 3. The van der Waals surface area contributed by atoms with Crippen molar-refractivity contribution in [3.63, 3.8) is 0 Å². The molecular weight excluding hydrogens is 462 g/mol. The Morgan fingerprint density at radius 1 is 1.15 bits per heavy atom. The van der Waals surface area contributed by atoms with Gasteiger partial charge in [-0.25, -0.2) is 0 Å². The number of nitriles is 1. The number of rotatable bonds is 7. The van der Waals surface area contributed by atoms with Crippen LogP contribution in [0.4, 0.5) is 5.95 Å². The Labute approximate surface area is 202 Å². The molecule has 180 valence electrons. The van der Waals surface area contributed by atoms with E-state index >= 15 is 0 Å². The quantitative estimate of drug-likeness (QED) is 0.609. The number of nitrogens with zero attached hydrogens (tertiary/aromatic N) is 6. The van der Waals surface area contributed by atoms with E-state index in [2.05, 4.69) is 21.6 Å². The number of nitrogens with one attached hydrogen (secondary N) is 1. The standard InChI is InChI=1S/C22H26ClN7O4/c23-17-3-1-16(2-4-17)14-25-21(32)20-26-27-22(29-9-12-34-18(13-24)15-29)30(20)6-5-19(31)28-7-10-33-11-8-28/h1-4,18H,5-12,14-15H2,(H,25,32). The highest BCUT2D eigenvalue weighted by Gasteiger charge is 2.28. The fraction of sp³-hybridized carbons (Fsp3) is 0.500. The van der Waals surface area contributed by atoms with Gasteiger partial charge in [-0.3, -0.25) is 14.2 Å². The Morgan fingerprint density at radius 2 is 1.91 bits per heavy atom. The maximum atomic E-state index is 13.0. The number of hydrogen-bond acceptors (Lipinski definition) is 8. The number of halogens is 1. The summed E-state index contributed by atoms with van der Waals surface area (Å²) in [5, 5.41) is 21.1. The van der Waals surface area contributed by atoms with E-state index < -0.39 is 12.0 Å². The van der Waals surface area contributed by atoms with Crippen molar-refractivity contribution in [3.8, 4) is 6.07 Å². The summed E-state index contributed by atoms with van der Waals surface area (Å²) in [6, 6.07) is 9.27. The first-order chi connectivity index (χ1) is 16.5. The van der Waals surface area contributed by atoms with E-state index in [1.807, 2.05) is 17.0 Å². The van der Waals surface area contributed by atoms with Gasteiger partial charge in [-0.15, -0.1) is 10.2 Å². The third-order valence-corrected chi connectivity index (χ3v) is 5.96. The van der Waals surface area contributed by atoms with Crippen molar-refractivity contribution < 1.29 is 19.1 Å². The van der Waals surface area contributed by atoms with E-state index in [4.69, 9.17) is 21.1 Å². The summed E-state index contributed by atoms with van der Waals surface area (Å²) in [4.78, 5) is 29.3. The van der Waals surface area contributed by atoms with Crippen LogP contribution in [0.25, 0.3) is 0 Å². The minimum Gasteiger partial charge on any atom is -0.378 e. The van der Waals surface area contributed by atoms with E-state index in [1.165, 1.54) is 0 Å². The first kappa shape index (κ1) is 23.9. The molecular formula is C22H26ClN7O4. The molecule has 2 saturated heterocycles. The topological polar surface area (TPSA) is 126 Å². The zero-order chi connectivity index (χ0) is 23.9. The molecule has 2 amide bonds. The van der Waals surface area contributed by atoms with Gasteiger partial charge in [0.15, 0.2) is 6.10 Å². The van der Waals surface area contributed by atoms with Crippen LogP contribution >= 0.6 is 11.6 Å². The minimum atomic E-state index is -0.601. The first-order valence-corrected chi connectivity index (χ1v) is 11.5. The van der Waals surface area contributed by atoms with Crippen LogP contribution in [0.15, 0.2) is 24.3 Å². The molecule has 1 unspecified atom stereocenters. The molecule has 1 aromatic heterocycles. The largest absolute Gasteiger partial charge is 0.378 e. The molecule has 1 atom stereocenters. The SMILES string of the molecule is N#CC1CN(c2nnc(C(=O)NCc3ccc(Cl)cc3)n2CCC(=O)N2CCOCC2)CCO1. The Kier molecular flexibility index (Phi) is 7.95. The lowest BCUT2D eigenvalue weighted by Gasteiger charge is -2.31. The predicted molar refractivity (Wildman–Crippen MR) is 122 cm³/mol. The molecule has 34 heavy (non-hydrogen) atoms. The lowest BCUT2D eigenvalue weighted by Crippen LogP contribution is -2.43. The summed E-state index contributed by atoms with van der Waals surface area (Å²) in [5.41, 5.74) is 0.886. The van der Waals surface area contributed by atoms with Crippen molar-refractivity contribution in [2.24, 2.45) is 0 Å². The van der Waals surface area contributed by atoms with Crippen LogP contribution in [-0.4, -0.2) is 83.6 Å². The molecule has 2 fully saturated rings. The molecule has 2 aliphatic rings. The normalized spacial score (nSPS) is 18.4. The summed E-state index contributed by atoms with van der Waals surface area (Å²) in [6.07, 6.45) is -0.412. The second-order valence-electron chi connectivity index (χ2n) is 7.96. The molecule has 1 N–H and O–H groups in total. The van der Waals surface area contributed by atoms with E-state index in [0.29, 0.717) is 63.5 Å².